The molecule has 0 saturated heterocycles. The third-order valence-electron chi connectivity index (χ3n) is 2.98. The van der Waals surface area contributed by atoms with E-state index in [4.69, 9.17) is 4.74 Å². The Bertz CT molecular complexity index is 531. The average molecular weight is 335 g/mol. The SMILES string of the molecule is CNCc1ccc(COCCc2ccccn2)c(Br)c1. The molecule has 106 valence electrons. The standard InChI is InChI=1S/C16H19BrN2O/c1-18-11-13-5-6-14(16(17)10-13)12-20-9-7-15-4-2-3-8-19-15/h2-6,8,10,18H,7,9,11-12H2,1H3. The highest BCUT2D eigenvalue weighted by atomic mass is 79.9. The number of ether oxygens (including phenoxy) is 1. The summed E-state index contributed by atoms with van der Waals surface area (Å²) < 4.78 is 6.82. The van der Waals surface area contributed by atoms with E-state index in [2.05, 4.69) is 44.4 Å². The maximum Gasteiger partial charge on any atom is 0.0727 e. The van der Waals surface area contributed by atoms with E-state index in [1.807, 2.05) is 31.4 Å². The lowest BCUT2D eigenvalue weighted by Crippen LogP contribution is -2.05. The zero-order valence-electron chi connectivity index (χ0n) is 11.6. The van der Waals surface area contributed by atoms with Gasteiger partial charge in [-0.05, 0) is 36.4 Å². The number of rotatable bonds is 7. The molecule has 0 fully saturated rings. The van der Waals surface area contributed by atoms with Crippen LogP contribution in [0.25, 0.3) is 0 Å². The molecule has 0 aliphatic heterocycles. The van der Waals surface area contributed by atoms with Crippen molar-refractivity contribution in [3.8, 4) is 0 Å². The second kappa shape index (κ2) is 8.15. The van der Waals surface area contributed by atoms with E-state index >= 15 is 0 Å². The number of nitrogens with one attached hydrogen (secondary N) is 1. The van der Waals surface area contributed by atoms with Gasteiger partial charge < -0.3 is 10.1 Å². The van der Waals surface area contributed by atoms with Gasteiger partial charge >= 0.3 is 0 Å². The molecule has 0 unspecified atom stereocenters. The van der Waals surface area contributed by atoms with Gasteiger partial charge in [0.05, 0.1) is 13.2 Å². The smallest absolute Gasteiger partial charge is 0.0727 e. The summed E-state index contributed by atoms with van der Waals surface area (Å²) in [6, 6.07) is 12.3. The molecule has 4 heteroatoms. The van der Waals surface area contributed by atoms with Crippen molar-refractivity contribution in [2.45, 2.75) is 19.6 Å². The summed E-state index contributed by atoms with van der Waals surface area (Å²) in [5.41, 5.74) is 3.50. The Morgan fingerprint density at radius 1 is 1.25 bits per heavy atom. The quantitative estimate of drug-likeness (QED) is 0.788. The van der Waals surface area contributed by atoms with E-state index in [0.29, 0.717) is 13.2 Å². The minimum atomic E-state index is 0.618. The largest absolute Gasteiger partial charge is 0.376 e. The molecule has 0 saturated carbocycles. The molecule has 0 amide bonds. The molecule has 2 rings (SSSR count). The van der Waals surface area contributed by atoms with Crippen molar-refractivity contribution in [3.63, 3.8) is 0 Å². The summed E-state index contributed by atoms with van der Waals surface area (Å²) in [7, 11) is 1.95. The fourth-order valence-corrected chi connectivity index (χ4v) is 2.47. The molecule has 1 aromatic heterocycles. The van der Waals surface area contributed by atoms with E-state index in [1.54, 1.807) is 0 Å². The minimum absolute atomic E-state index is 0.618. The molecule has 0 aliphatic carbocycles. The minimum Gasteiger partial charge on any atom is -0.376 e. The summed E-state index contributed by atoms with van der Waals surface area (Å²) in [5, 5.41) is 3.14. The maximum absolute atomic E-state index is 5.72. The first-order chi connectivity index (χ1) is 9.79. The molecule has 1 heterocycles. The Morgan fingerprint density at radius 3 is 2.85 bits per heavy atom. The van der Waals surface area contributed by atoms with Gasteiger partial charge in [0.1, 0.15) is 0 Å². The van der Waals surface area contributed by atoms with Crippen LogP contribution < -0.4 is 5.32 Å². The van der Waals surface area contributed by atoms with Crippen molar-refractivity contribution in [1.29, 1.82) is 0 Å². The second-order valence-electron chi connectivity index (χ2n) is 4.58. The molecule has 0 radical (unpaired) electrons. The van der Waals surface area contributed by atoms with Crippen LogP contribution in [0, 0.1) is 0 Å². The molecule has 0 bridgehead atoms. The number of hydrogen-bond donors (Lipinski definition) is 1. The number of halogens is 1. The summed E-state index contributed by atoms with van der Waals surface area (Å²) in [5.74, 6) is 0. The van der Waals surface area contributed by atoms with Crippen molar-refractivity contribution in [2.75, 3.05) is 13.7 Å². The van der Waals surface area contributed by atoms with Crippen LogP contribution in [-0.4, -0.2) is 18.6 Å². The van der Waals surface area contributed by atoms with Crippen molar-refractivity contribution < 1.29 is 4.74 Å². The Morgan fingerprint density at radius 2 is 2.15 bits per heavy atom. The van der Waals surface area contributed by atoms with Gasteiger partial charge in [-0.3, -0.25) is 4.98 Å². The molecule has 20 heavy (non-hydrogen) atoms. The van der Waals surface area contributed by atoms with E-state index in [1.165, 1.54) is 11.1 Å². The molecule has 0 spiro atoms. The van der Waals surface area contributed by atoms with Crippen molar-refractivity contribution >= 4 is 15.9 Å². The van der Waals surface area contributed by atoms with Crippen molar-refractivity contribution in [1.82, 2.24) is 10.3 Å². The van der Waals surface area contributed by atoms with Crippen LogP contribution in [0.1, 0.15) is 16.8 Å². The first kappa shape index (κ1) is 15.2. The zero-order valence-corrected chi connectivity index (χ0v) is 13.2. The lowest BCUT2D eigenvalue weighted by molar-refractivity contribution is 0.123. The molecule has 2 aromatic rings. The first-order valence-corrected chi connectivity index (χ1v) is 7.48. The molecule has 0 aliphatic rings. The van der Waals surface area contributed by atoms with Crippen LogP contribution >= 0.6 is 15.9 Å². The van der Waals surface area contributed by atoms with Gasteiger partial charge in [0.2, 0.25) is 0 Å². The lowest BCUT2D eigenvalue weighted by Gasteiger charge is -2.08. The molecule has 1 aromatic carbocycles. The van der Waals surface area contributed by atoms with Crippen LogP contribution in [0.5, 0.6) is 0 Å². The number of aromatic nitrogens is 1. The fourth-order valence-electron chi connectivity index (χ4n) is 1.93. The van der Waals surface area contributed by atoms with Crippen LogP contribution in [0.2, 0.25) is 0 Å². The highest BCUT2D eigenvalue weighted by Gasteiger charge is 2.02. The predicted molar refractivity (Wildman–Crippen MR) is 84.5 cm³/mol. The molecule has 0 atom stereocenters. The molecular formula is C16H19BrN2O. The van der Waals surface area contributed by atoms with Gasteiger partial charge in [-0.2, -0.15) is 0 Å². The van der Waals surface area contributed by atoms with E-state index in [-0.39, 0.29) is 0 Å². The summed E-state index contributed by atoms with van der Waals surface area (Å²) in [6.07, 6.45) is 2.66. The van der Waals surface area contributed by atoms with Gasteiger partial charge in [0.25, 0.3) is 0 Å². The molecule has 1 N–H and O–H groups in total. The van der Waals surface area contributed by atoms with Gasteiger partial charge in [0, 0.05) is 29.3 Å². The van der Waals surface area contributed by atoms with Gasteiger partial charge in [0.15, 0.2) is 0 Å². The van der Waals surface area contributed by atoms with Crippen LogP contribution in [0.4, 0.5) is 0 Å². The van der Waals surface area contributed by atoms with Crippen LogP contribution in [0.3, 0.4) is 0 Å². The highest BCUT2D eigenvalue weighted by molar-refractivity contribution is 9.10. The Kier molecular flexibility index (Phi) is 6.18. The number of pyridine rings is 1. The summed E-state index contributed by atoms with van der Waals surface area (Å²) in [6.45, 7) is 2.17. The van der Waals surface area contributed by atoms with Gasteiger partial charge in [-0.25, -0.2) is 0 Å². The Balaban J connectivity index is 1.79. The average Bonchev–Trinajstić information content (AvgIpc) is 2.47. The number of benzene rings is 1. The molecular weight excluding hydrogens is 316 g/mol. The molecule has 3 nitrogen and oxygen atoms in total. The van der Waals surface area contributed by atoms with E-state index in [9.17, 15) is 0 Å². The third kappa shape index (κ3) is 4.71. The Labute approximate surface area is 128 Å². The van der Waals surface area contributed by atoms with Crippen molar-refractivity contribution in [2.24, 2.45) is 0 Å². The van der Waals surface area contributed by atoms with Crippen LogP contribution in [0.15, 0.2) is 47.1 Å². The third-order valence-corrected chi connectivity index (χ3v) is 3.72. The number of nitrogens with zero attached hydrogens (tertiary/aromatic N) is 1. The fraction of sp³-hybridized carbons (Fsp3) is 0.312. The highest BCUT2D eigenvalue weighted by Crippen LogP contribution is 2.19. The Hall–Kier alpha value is -1.23. The topological polar surface area (TPSA) is 34.1 Å². The van der Waals surface area contributed by atoms with Gasteiger partial charge in [-0.1, -0.05) is 34.1 Å². The monoisotopic (exact) mass is 334 g/mol. The zero-order chi connectivity index (χ0) is 14.2. The summed E-state index contributed by atoms with van der Waals surface area (Å²) >= 11 is 3.59. The summed E-state index contributed by atoms with van der Waals surface area (Å²) in [4.78, 5) is 4.28. The first-order valence-electron chi connectivity index (χ1n) is 6.69. The lowest BCUT2D eigenvalue weighted by atomic mass is 10.1. The van der Waals surface area contributed by atoms with Gasteiger partial charge in [-0.15, -0.1) is 0 Å². The normalized spacial score (nSPS) is 10.7. The van der Waals surface area contributed by atoms with Crippen LogP contribution in [-0.2, 0) is 24.3 Å². The predicted octanol–water partition coefficient (Wildman–Crippen LogP) is 3.32. The second-order valence-corrected chi connectivity index (χ2v) is 5.43. The number of hydrogen-bond acceptors (Lipinski definition) is 3. The van der Waals surface area contributed by atoms with E-state index in [0.717, 1.165) is 23.1 Å². The van der Waals surface area contributed by atoms with E-state index < -0.39 is 0 Å². The maximum atomic E-state index is 5.72. The van der Waals surface area contributed by atoms with Crippen molar-refractivity contribution in [3.05, 3.63) is 63.9 Å².